The lowest BCUT2D eigenvalue weighted by molar-refractivity contribution is -0.119. The molecule has 3 rings (SSSR count). The lowest BCUT2D eigenvalue weighted by Gasteiger charge is -2.35. The van der Waals surface area contributed by atoms with Crippen molar-refractivity contribution in [1.82, 2.24) is 4.90 Å². The first-order chi connectivity index (χ1) is 13.1. The third kappa shape index (κ3) is 4.76. The highest BCUT2D eigenvalue weighted by molar-refractivity contribution is 5.95. The van der Waals surface area contributed by atoms with Gasteiger partial charge in [-0.3, -0.25) is 9.59 Å². The van der Waals surface area contributed by atoms with E-state index in [0.717, 1.165) is 43.2 Å². The van der Waals surface area contributed by atoms with Crippen LogP contribution in [-0.2, 0) is 11.2 Å². The van der Waals surface area contributed by atoms with E-state index in [0.29, 0.717) is 12.1 Å². The summed E-state index contributed by atoms with van der Waals surface area (Å²) < 4.78 is 0. The summed E-state index contributed by atoms with van der Waals surface area (Å²) in [4.78, 5) is 26.1. The molecule has 4 nitrogen and oxygen atoms in total. The minimum atomic E-state index is -0.346. The molecule has 1 saturated heterocycles. The fourth-order valence-corrected chi connectivity index (χ4v) is 3.84. The van der Waals surface area contributed by atoms with Crippen LogP contribution in [0, 0.1) is 0 Å². The molecule has 4 heteroatoms. The number of piperidine rings is 1. The molecule has 1 atom stereocenters. The molecule has 2 aromatic rings. The van der Waals surface area contributed by atoms with Crippen molar-refractivity contribution in [2.75, 3.05) is 6.54 Å². The zero-order chi connectivity index (χ0) is 19.2. The quantitative estimate of drug-likeness (QED) is 0.836. The molecule has 2 N–H and O–H groups in total. The minimum absolute atomic E-state index is 0.00852. The van der Waals surface area contributed by atoms with Gasteiger partial charge in [-0.1, -0.05) is 49.7 Å². The molecule has 2 aromatic carbocycles. The van der Waals surface area contributed by atoms with E-state index in [1.165, 1.54) is 5.56 Å². The summed E-state index contributed by atoms with van der Waals surface area (Å²) in [7, 11) is 0. The first-order valence-corrected chi connectivity index (χ1v) is 9.87. The van der Waals surface area contributed by atoms with Crippen LogP contribution in [0.15, 0.2) is 48.5 Å². The molecule has 0 saturated carbocycles. The molecule has 1 heterocycles. The number of primary amides is 1. The number of benzene rings is 2. The van der Waals surface area contributed by atoms with E-state index in [-0.39, 0.29) is 24.3 Å². The Kier molecular flexibility index (Phi) is 6.28. The molecule has 0 unspecified atom stereocenters. The number of nitrogens with zero attached hydrogens (tertiary/aromatic N) is 1. The summed E-state index contributed by atoms with van der Waals surface area (Å²) in [6.45, 7) is 2.87. The van der Waals surface area contributed by atoms with Crippen molar-refractivity contribution < 1.29 is 9.59 Å². The van der Waals surface area contributed by atoms with Gasteiger partial charge in [0, 0.05) is 24.6 Å². The van der Waals surface area contributed by atoms with E-state index in [4.69, 9.17) is 5.73 Å². The zero-order valence-electron chi connectivity index (χ0n) is 16.0. The van der Waals surface area contributed by atoms with Crippen molar-refractivity contribution in [1.29, 1.82) is 0 Å². The maximum atomic E-state index is 12.9. The van der Waals surface area contributed by atoms with Gasteiger partial charge in [0.2, 0.25) is 5.91 Å². The van der Waals surface area contributed by atoms with Crippen molar-refractivity contribution in [2.24, 2.45) is 5.73 Å². The SMILES string of the molecule is CCCc1ccc(-c2ccc(C(=O)N3CCCC[C@H]3CC(N)=O)cc2)cc1. The topological polar surface area (TPSA) is 63.4 Å². The average Bonchev–Trinajstić information content (AvgIpc) is 2.68. The summed E-state index contributed by atoms with van der Waals surface area (Å²) >= 11 is 0. The predicted molar refractivity (Wildman–Crippen MR) is 108 cm³/mol. The molecular formula is C23H28N2O2. The summed E-state index contributed by atoms with van der Waals surface area (Å²) in [6.07, 6.45) is 5.34. The van der Waals surface area contributed by atoms with Gasteiger partial charge in [-0.2, -0.15) is 0 Å². The van der Waals surface area contributed by atoms with Crippen LogP contribution >= 0.6 is 0 Å². The van der Waals surface area contributed by atoms with Gasteiger partial charge in [0.25, 0.3) is 5.91 Å². The van der Waals surface area contributed by atoms with Crippen molar-refractivity contribution in [3.05, 3.63) is 59.7 Å². The number of amides is 2. The van der Waals surface area contributed by atoms with Crippen molar-refractivity contribution in [2.45, 2.75) is 51.5 Å². The molecule has 0 bridgehead atoms. The monoisotopic (exact) mass is 364 g/mol. The van der Waals surface area contributed by atoms with Gasteiger partial charge in [0.05, 0.1) is 0 Å². The molecule has 1 fully saturated rings. The Hall–Kier alpha value is -2.62. The van der Waals surface area contributed by atoms with Gasteiger partial charge >= 0.3 is 0 Å². The van der Waals surface area contributed by atoms with Crippen LogP contribution in [0.1, 0.15) is 54.9 Å². The highest BCUT2D eigenvalue weighted by atomic mass is 16.2. The molecular weight excluding hydrogens is 336 g/mol. The smallest absolute Gasteiger partial charge is 0.254 e. The maximum absolute atomic E-state index is 12.9. The van der Waals surface area contributed by atoms with Crippen LogP contribution in [0.2, 0.25) is 0 Å². The molecule has 1 aliphatic heterocycles. The third-order valence-electron chi connectivity index (χ3n) is 5.28. The first-order valence-electron chi connectivity index (χ1n) is 9.87. The Labute approximate surface area is 161 Å². The summed E-state index contributed by atoms with van der Waals surface area (Å²) in [5.41, 5.74) is 9.62. The van der Waals surface area contributed by atoms with Crippen LogP contribution in [0.4, 0.5) is 0 Å². The number of rotatable bonds is 6. The van der Waals surface area contributed by atoms with Gasteiger partial charge in [-0.25, -0.2) is 0 Å². The lowest BCUT2D eigenvalue weighted by atomic mass is 9.97. The molecule has 0 radical (unpaired) electrons. The third-order valence-corrected chi connectivity index (χ3v) is 5.28. The first kappa shape index (κ1) is 19.2. The largest absolute Gasteiger partial charge is 0.370 e. The number of nitrogens with two attached hydrogens (primary N) is 1. The number of aryl methyl sites for hydroxylation is 1. The molecule has 1 aliphatic rings. The fraction of sp³-hybridized carbons (Fsp3) is 0.391. The average molecular weight is 364 g/mol. The molecule has 0 aromatic heterocycles. The second-order valence-corrected chi connectivity index (χ2v) is 7.34. The molecule has 2 amide bonds. The Morgan fingerprint density at radius 2 is 1.63 bits per heavy atom. The van der Waals surface area contributed by atoms with Gasteiger partial charge in [0.1, 0.15) is 0 Å². The fourth-order valence-electron chi connectivity index (χ4n) is 3.84. The summed E-state index contributed by atoms with van der Waals surface area (Å²) in [5, 5.41) is 0. The zero-order valence-corrected chi connectivity index (χ0v) is 16.0. The Morgan fingerprint density at radius 3 is 2.22 bits per heavy atom. The van der Waals surface area contributed by atoms with Gasteiger partial charge in [-0.05, 0) is 54.5 Å². The predicted octanol–water partition coefficient (Wildman–Crippen LogP) is 4.18. The summed E-state index contributed by atoms with van der Waals surface area (Å²) in [6, 6.07) is 16.3. The maximum Gasteiger partial charge on any atom is 0.254 e. The number of carbonyl (C=O) groups is 2. The standard InChI is InChI=1S/C23H28N2O2/c1-2-5-17-7-9-18(10-8-17)19-11-13-20(14-12-19)23(27)25-15-4-3-6-21(25)16-22(24)26/h7-14,21H,2-6,15-16H2,1H3,(H2,24,26)/t21-/m0/s1. The summed E-state index contributed by atoms with van der Waals surface area (Å²) in [5.74, 6) is -0.354. The highest BCUT2D eigenvalue weighted by Crippen LogP contribution is 2.24. The van der Waals surface area contributed by atoms with Gasteiger partial charge in [-0.15, -0.1) is 0 Å². The van der Waals surface area contributed by atoms with Crippen molar-refractivity contribution in [3.8, 4) is 11.1 Å². The second-order valence-electron chi connectivity index (χ2n) is 7.34. The number of hydrogen-bond donors (Lipinski definition) is 1. The Morgan fingerprint density at radius 1 is 1.00 bits per heavy atom. The number of carbonyl (C=O) groups excluding carboxylic acids is 2. The van der Waals surface area contributed by atoms with Crippen LogP contribution < -0.4 is 5.73 Å². The molecule has 27 heavy (non-hydrogen) atoms. The Bertz CT molecular complexity index is 781. The van der Waals surface area contributed by atoms with Crippen LogP contribution in [-0.4, -0.2) is 29.3 Å². The van der Waals surface area contributed by atoms with Gasteiger partial charge in [0.15, 0.2) is 0 Å². The van der Waals surface area contributed by atoms with Crippen LogP contribution in [0.25, 0.3) is 11.1 Å². The molecule has 0 spiro atoms. The van der Waals surface area contributed by atoms with E-state index >= 15 is 0 Å². The van der Waals surface area contributed by atoms with Crippen LogP contribution in [0.5, 0.6) is 0 Å². The van der Waals surface area contributed by atoms with Gasteiger partial charge < -0.3 is 10.6 Å². The van der Waals surface area contributed by atoms with E-state index in [1.807, 2.05) is 29.2 Å². The van der Waals surface area contributed by atoms with E-state index in [9.17, 15) is 9.59 Å². The van der Waals surface area contributed by atoms with E-state index < -0.39 is 0 Å². The van der Waals surface area contributed by atoms with Crippen LogP contribution in [0.3, 0.4) is 0 Å². The number of likely N-dealkylation sites (tertiary alicyclic amines) is 1. The van der Waals surface area contributed by atoms with Crippen molar-refractivity contribution >= 4 is 11.8 Å². The van der Waals surface area contributed by atoms with E-state index in [2.05, 4.69) is 31.2 Å². The lowest BCUT2D eigenvalue weighted by Crippen LogP contribution is -2.45. The second kappa shape index (κ2) is 8.85. The minimum Gasteiger partial charge on any atom is -0.370 e. The van der Waals surface area contributed by atoms with E-state index in [1.54, 1.807) is 0 Å². The normalized spacial score (nSPS) is 16.9. The molecule has 142 valence electrons. The van der Waals surface area contributed by atoms with Crippen molar-refractivity contribution in [3.63, 3.8) is 0 Å². The number of hydrogen-bond acceptors (Lipinski definition) is 2. The molecule has 0 aliphatic carbocycles. The highest BCUT2D eigenvalue weighted by Gasteiger charge is 2.28. The Balaban J connectivity index is 1.73.